The topological polar surface area (TPSA) is 56.8 Å². The Morgan fingerprint density at radius 1 is 1.07 bits per heavy atom. The van der Waals surface area contributed by atoms with E-state index in [2.05, 4.69) is 24.4 Å². The standard InChI is InChI=1S/C24H31NO4/c1-18(9-10-19-7-5-4-6-8-19)25-23(26)24(13-15-29-16-14-24)20-11-12-21(27-2)22(17-20)28-3/h4-8,11-12,17-18H,9-10,13-16H2,1-3H3,(H,25,26). The molecule has 1 amide bonds. The number of amides is 1. The summed E-state index contributed by atoms with van der Waals surface area (Å²) in [6.07, 6.45) is 3.14. The highest BCUT2D eigenvalue weighted by Crippen LogP contribution is 2.39. The molecule has 2 aromatic rings. The maximum absolute atomic E-state index is 13.5. The van der Waals surface area contributed by atoms with Gasteiger partial charge in [-0.05, 0) is 55.9 Å². The van der Waals surface area contributed by atoms with E-state index in [4.69, 9.17) is 14.2 Å². The lowest BCUT2D eigenvalue weighted by atomic mass is 9.73. The van der Waals surface area contributed by atoms with Crippen molar-refractivity contribution < 1.29 is 19.0 Å². The molecule has 5 heteroatoms. The summed E-state index contributed by atoms with van der Waals surface area (Å²) in [4.78, 5) is 13.5. The molecule has 2 aromatic carbocycles. The van der Waals surface area contributed by atoms with Gasteiger partial charge in [-0.2, -0.15) is 0 Å². The summed E-state index contributed by atoms with van der Waals surface area (Å²) in [6.45, 7) is 3.21. The van der Waals surface area contributed by atoms with Crippen molar-refractivity contribution in [3.05, 3.63) is 59.7 Å². The Morgan fingerprint density at radius 2 is 1.76 bits per heavy atom. The van der Waals surface area contributed by atoms with Crippen LogP contribution in [0.25, 0.3) is 0 Å². The second kappa shape index (κ2) is 9.79. The van der Waals surface area contributed by atoms with Crippen LogP contribution in [-0.4, -0.2) is 39.4 Å². The molecule has 5 nitrogen and oxygen atoms in total. The van der Waals surface area contributed by atoms with Crippen molar-refractivity contribution >= 4 is 5.91 Å². The fourth-order valence-corrected chi connectivity index (χ4v) is 3.96. The van der Waals surface area contributed by atoms with Crippen LogP contribution < -0.4 is 14.8 Å². The lowest BCUT2D eigenvalue weighted by Crippen LogP contribution is -2.50. The van der Waals surface area contributed by atoms with Gasteiger partial charge in [0.2, 0.25) is 5.91 Å². The van der Waals surface area contributed by atoms with E-state index in [9.17, 15) is 4.79 Å². The molecule has 1 N–H and O–H groups in total. The normalized spacial score (nSPS) is 16.7. The first-order valence-corrected chi connectivity index (χ1v) is 10.2. The van der Waals surface area contributed by atoms with Gasteiger partial charge in [0.15, 0.2) is 11.5 Å². The van der Waals surface area contributed by atoms with E-state index in [1.807, 2.05) is 36.4 Å². The van der Waals surface area contributed by atoms with Gasteiger partial charge in [-0.15, -0.1) is 0 Å². The van der Waals surface area contributed by atoms with Gasteiger partial charge in [-0.25, -0.2) is 0 Å². The van der Waals surface area contributed by atoms with E-state index in [1.165, 1.54) is 5.56 Å². The van der Waals surface area contributed by atoms with E-state index in [0.717, 1.165) is 18.4 Å². The predicted molar refractivity (Wildman–Crippen MR) is 114 cm³/mol. The van der Waals surface area contributed by atoms with Crippen LogP contribution in [0.3, 0.4) is 0 Å². The van der Waals surface area contributed by atoms with Crippen LogP contribution in [0.2, 0.25) is 0 Å². The fourth-order valence-electron chi connectivity index (χ4n) is 3.96. The van der Waals surface area contributed by atoms with Crippen molar-refractivity contribution in [3.63, 3.8) is 0 Å². The van der Waals surface area contributed by atoms with E-state index in [-0.39, 0.29) is 11.9 Å². The maximum Gasteiger partial charge on any atom is 0.231 e. The second-order valence-corrected chi connectivity index (χ2v) is 7.66. The number of rotatable bonds is 8. The van der Waals surface area contributed by atoms with Crippen molar-refractivity contribution in [2.24, 2.45) is 0 Å². The molecule has 1 unspecified atom stereocenters. The summed E-state index contributed by atoms with van der Waals surface area (Å²) >= 11 is 0. The van der Waals surface area contributed by atoms with Gasteiger partial charge in [0, 0.05) is 19.3 Å². The Morgan fingerprint density at radius 3 is 2.41 bits per heavy atom. The minimum atomic E-state index is -0.612. The quantitative estimate of drug-likeness (QED) is 0.734. The van der Waals surface area contributed by atoms with Gasteiger partial charge in [0.05, 0.1) is 19.6 Å². The fraction of sp³-hybridized carbons (Fsp3) is 0.458. The van der Waals surface area contributed by atoms with Crippen molar-refractivity contribution in [1.82, 2.24) is 5.32 Å². The number of benzene rings is 2. The molecular formula is C24H31NO4. The monoisotopic (exact) mass is 397 g/mol. The molecule has 0 aliphatic carbocycles. The Hall–Kier alpha value is -2.53. The minimum absolute atomic E-state index is 0.0635. The van der Waals surface area contributed by atoms with Crippen LogP contribution in [0, 0.1) is 0 Å². The molecule has 29 heavy (non-hydrogen) atoms. The molecule has 1 aliphatic rings. The zero-order chi connectivity index (χ0) is 20.7. The highest BCUT2D eigenvalue weighted by Gasteiger charge is 2.42. The second-order valence-electron chi connectivity index (χ2n) is 7.66. The largest absolute Gasteiger partial charge is 0.493 e. The molecular weight excluding hydrogens is 366 g/mol. The molecule has 0 saturated carbocycles. The van der Waals surface area contributed by atoms with Gasteiger partial charge < -0.3 is 19.5 Å². The lowest BCUT2D eigenvalue weighted by Gasteiger charge is -2.37. The van der Waals surface area contributed by atoms with Crippen LogP contribution >= 0.6 is 0 Å². The number of carbonyl (C=O) groups is 1. The van der Waals surface area contributed by atoms with Crippen LogP contribution in [-0.2, 0) is 21.4 Å². The summed E-state index contributed by atoms with van der Waals surface area (Å²) in [7, 11) is 3.23. The van der Waals surface area contributed by atoms with Crippen molar-refractivity contribution in [2.45, 2.75) is 44.1 Å². The Bertz CT molecular complexity index is 800. The SMILES string of the molecule is COc1ccc(C2(C(=O)NC(C)CCc3ccccc3)CCOCC2)cc1OC. The third kappa shape index (κ3) is 4.91. The molecule has 3 rings (SSSR count). The third-order valence-corrected chi connectivity index (χ3v) is 5.80. The first-order chi connectivity index (χ1) is 14.1. The number of carbonyl (C=O) groups excluding carboxylic acids is 1. The summed E-state index contributed by atoms with van der Waals surface area (Å²) in [6, 6.07) is 16.2. The molecule has 0 spiro atoms. The van der Waals surface area contributed by atoms with Gasteiger partial charge in [-0.3, -0.25) is 4.79 Å². The summed E-state index contributed by atoms with van der Waals surface area (Å²) in [5, 5.41) is 3.26. The van der Waals surface area contributed by atoms with E-state index in [0.29, 0.717) is 37.6 Å². The molecule has 1 heterocycles. The summed E-state index contributed by atoms with van der Waals surface area (Å²) in [5.41, 5.74) is 1.62. The number of ether oxygens (including phenoxy) is 3. The first-order valence-electron chi connectivity index (χ1n) is 10.2. The molecule has 1 aliphatic heterocycles. The van der Waals surface area contributed by atoms with Crippen molar-refractivity contribution in [1.29, 1.82) is 0 Å². The molecule has 0 aromatic heterocycles. The Balaban J connectivity index is 1.76. The number of hydrogen-bond donors (Lipinski definition) is 1. The summed E-state index contributed by atoms with van der Waals surface area (Å²) < 4.78 is 16.4. The number of hydrogen-bond acceptors (Lipinski definition) is 4. The molecule has 1 atom stereocenters. The van der Waals surface area contributed by atoms with Crippen LogP contribution in [0.15, 0.2) is 48.5 Å². The maximum atomic E-state index is 13.5. The van der Waals surface area contributed by atoms with Gasteiger partial charge >= 0.3 is 0 Å². The zero-order valence-electron chi connectivity index (χ0n) is 17.6. The Kier molecular flexibility index (Phi) is 7.15. The highest BCUT2D eigenvalue weighted by atomic mass is 16.5. The molecule has 0 bridgehead atoms. The van der Waals surface area contributed by atoms with Crippen LogP contribution in [0.5, 0.6) is 11.5 Å². The predicted octanol–water partition coefficient (Wildman–Crippen LogP) is 3.89. The summed E-state index contributed by atoms with van der Waals surface area (Å²) in [5.74, 6) is 1.37. The first kappa shape index (κ1) is 21.2. The number of nitrogens with one attached hydrogen (secondary N) is 1. The average Bonchev–Trinajstić information content (AvgIpc) is 2.78. The van der Waals surface area contributed by atoms with E-state index >= 15 is 0 Å². The highest BCUT2D eigenvalue weighted by molar-refractivity contribution is 5.88. The smallest absolute Gasteiger partial charge is 0.231 e. The zero-order valence-corrected chi connectivity index (χ0v) is 17.6. The molecule has 0 radical (unpaired) electrons. The third-order valence-electron chi connectivity index (χ3n) is 5.80. The van der Waals surface area contributed by atoms with Crippen LogP contribution in [0.1, 0.15) is 37.3 Å². The van der Waals surface area contributed by atoms with E-state index in [1.54, 1.807) is 14.2 Å². The van der Waals surface area contributed by atoms with E-state index < -0.39 is 5.41 Å². The Labute approximate surface area is 173 Å². The van der Waals surface area contributed by atoms with Gasteiger partial charge in [0.25, 0.3) is 0 Å². The molecule has 1 fully saturated rings. The van der Waals surface area contributed by atoms with Gasteiger partial charge in [0.1, 0.15) is 0 Å². The molecule has 156 valence electrons. The average molecular weight is 398 g/mol. The number of methoxy groups -OCH3 is 2. The number of aryl methyl sites for hydroxylation is 1. The lowest BCUT2D eigenvalue weighted by molar-refractivity contribution is -0.131. The van der Waals surface area contributed by atoms with Gasteiger partial charge in [-0.1, -0.05) is 36.4 Å². The minimum Gasteiger partial charge on any atom is -0.493 e. The molecule has 1 saturated heterocycles. The van der Waals surface area contributed by atoms with Crippen molar-refractivity contribution in [3.8, 4) is 11.5 Å². The van der Waals surface area contributed by atoms with Crippen molar-refractivity contribution in [2.75, 3.05) is 27.4 Å². The van der Waals surface area contributed by atoms with Crippen LogP contribution in [0.4, 0.5) is 0 Å².